The molecule has 1 fully saturated rings. The highest BCUT2D eigenvalue weighted by Crippen LogP contribution is 2.28. The third-order valence-corrected chi connectivity index (χ3v) is 4.98. The molecule has 3 aromatic rings. The van der Waals surface area contributed by atoms with Gasteiger partial charge < -0.3 is 14.8 Å². The molecule has 2 N–H and O–H groups in total. The Balaban J connectivity index is 1.46. The van der Waals surface area contributed by atoms with Gasteiger partial charge in [-0.25, -0.2) is 0 Å². The lowest BCUT2D eigenvalue weighted by Gasteiger charge is -2.14. The van der Waals surface area contributed by atoms with E-state index in [9.17, 15) is 9.90 Å². The lowest BCUT2D eigenvalue weighted by molar-refractivity contribution is -0.122. The number of carbonyl (C=O) groups is 1. The fourth-order valence-corrected chi connectivity index (χ4v) is 3.35. The normalized spacial score (nSPS) is 19.2. The molecule has 1 aliphatic rings. The van der Waals surface area contributed by atoms with Crippen molar-refractivity contribution in [3.63, 3.8) is 0 Å². The van der Waals surface area contributed by atoms with Crippen LogP contribution in [0.2, 0.25) is 5.02 Å². The van der Waals surface area contributed by atoms with E-state index in [-0.39, 0.29) is 11.8 Å². The maximum Gasteiger partial charge on any atom is 0.248 e. The topological polar surface area (TPSA) is 88.3 Å². The van der Waals surface area contributed by atoms with E-state index in [1.165, 1.54) is 0 Å². The lowest BCUT2D eigenvalue weighted by atomic mass is 10.1. The molecule has 4 rings (SSSR count). The SMILES string of the molecule is O=C(Nc1ccc(-c2nnc(-c3ccc(Cl)cc3)o2)cc1)[C@H]1CCC[C@@H]1O. The first-order chi connectivity index (χ1) is 13.1. The summed E-state index contributed by atoms with van der Waals surface area (Å²) in [6.45, 7) is 0. The molecule has 1 amide bonds. The number of carbonyl (C=O) groups excluding carboxylic acids is 1. The Morgan fingerprint density at radius 3 is 2.15 bits per heavy atom. The first kappa shape index (κ1) is 17.7. The van der Waals surface area contributed by atoms with Crippen LogP contribution in [0.5, 0.6) is 0 Å². The second-order valence-electron chi connectivity index (χ2n) is 6.59. The van der Waals surface area contributed by atoms with Crippen LogP contribution >= 0.6 is 11.6 Å². The summed E-state index contributed by atoms with van der Waals surface area (Å²) >= 11 is 5.89. The number of hydrogen-bond acceptors (Lipinski definition) is 5. The minimum atomic E-state index is -0.547. The number of amides is 1. The van der Waals surface area contributed by atoms with Crippen molar-refractivity contribution in [1.82, 2.24) is 10.2 Å². The van der Waals surface area contributed by atoms with E-state index in [4.69, 9.17) is 16.0 Å². The summed E-state index contributed by atoms with van der Waals surface area (Å²) in [5, 5.41) is 21.5. The van der Waals surface area contributed by atoms with E-state index < -0.39 is 6.10 Å². The van der Waals surface area contributed by atoms with Crippen LogP contribution in [0.4, 0.5) is 5.69 Å². The van der Waals surface area contributed by atoms with E-state index in [1.54, 1.807) is 36.4 Å². The highest BCUT2D eigenvalue weighted by atomic mass is 35.5. The first-order valence-electron chi connectivity index (χ1n) is 8.79. The standard InChI is InChI=1S/C20H18ClN3O3/c21-14-8-4-12(5-9-14)19-23-24-20(27-19)13-6-10-15(11-7-13)22-18(26)16-2-1-3-17(16)25/h4-11,16-17,25H,1-3H2,(H,22,26)/t16-,17-/m0/s1. The van der Waals surface area contributed by atoms with Gasteiger partial charge in [0.2, 0.25) is 17.7 Å². The highest BCUT2D eigenvalue weighted by Gasteiger charge is 2.31. The number of hydrogen-bond donors (Lipinski definition) is 2. The van der Waals surface area contributed by atoms with Gasteiger partial charge in [-0.3, -0.25) is 4.79 Å². The summed E-state index contributed by atoms with van der Waals surface area (Å²) in [6, 6.07) is 14.3. The van der Waals surface area contributed by atoms with Gasteiger partial charge in [0.25, 0.3) is 0 Å². The zero-order valence-corrected chi connectivity index (χ0v) is 15.2. The molecule has 138 valence electrons. The Morgan fingerprint density at radius 1 is 1.00 bits per heavy atom. The summed E-state index contributed by atoms with van der Waals surface area (Å²) in [5.41, 5.74) is 2.21. The van der Waals surface area contributed by atoms with Crippen molar-refractivity contribution in [2.24, 2.45) is 5.92 Å². The number of nitrogens with zero attached hydrogens (tertiary/aromatic N) is 2. The number of aliphatic hydroxyl groups is 1. The van der Waals surface area contributed by atoms with Crippen molar-refractivity contribution in [3.8, 4) is 22.9 Å². The Kier molecular flexibility index (Phi) is 4.92. The third kappa shape index (κ3) is 3.86. The van der Waals surface area contributed by atoms with E-state index in [2.05, 4.69) is 15.5 Å². The average Bonchev–Trinajstić information content (AvgIpc) is 3.32. The molecule has 2 aromatic carbocycles. The van der Waals surface area contributed by atoms with Crippen LogP contribution in [-0.4, -0.2) is 27.3 Å². The molecule has 1 aromatic heterocycles. The quantitative estimate of drug-likeness (QED) is 0.706. The van der Waals surface area contributed by atoms with Crippen LogP contribution in [0.15, 0.2) is 52.9 Å². The van der Waals surface area contributed by atoms with Gasteiger partial charge in [0, 0.05) is 21.8 Å². The molecule has 7 heteroatoms. The monoisotopic (exact) mass is 383 g/mol. The lowest BCUT2D eigenvalue weighted by Crippen LogP contribution is -2.28. The molecule has 1 aliphatic carbocycles. The zero-order valence-electron chi connectivity index (χ0n) is 14.4. The molecule has 0 saturated heterocycles. The van der Waals surface area contributed by atoms with Crippen LogP contribution in [0.25, 0.3) is 22.9 Å². The van der Waals surface area contributed by atoms with E-state index in [0.717, 1.165) is 24.0 Å². The van der Waals surface area contributed by atoms with Gasteiger partial charge in [0.1, 0.15) is 0 Å². The Hall–Kier alpha value is -2.70. The maximum absolute atomic E-state index is 12.2. The van der Waals surface area contributed by atoms with Crippen LogP contribution in [0, 0.1) is 5.92 Å². The predicted molar refractivity (Wildman–Crippen MR) is 102 cm³/mol. The second kappa shape index (κ2) is 7.50. The van der Waals surface area contributed by atoms with Crippen molar-refractivity contribution in [1.29, 1.82) is 0 Å². The van der Waals surface area contributed by atoms with Gasteiger partial charge in [-0.05, 0) is 67.8 Å². The fourth-order valence-electron chi connectivity index (χ4n) is 3.23. The van der Waals surface area contributed by atoms with Crippen molar-refractivity contribution >= 4 is 23.2 Å². The fraction of sp³-hybridized carbons (Fsp3) is 0.250. The number of benzene rings is 2. The number of halogens is 1. The molecule has 0 radical (unpaired) electrons. The Bertz CT molecular complexity index is 938. The van der Waals surface area contributed by atoms with Gasteiger partial charge >= 0.3 is 0 Å². The molecule has 1 heterocycles. The van der Waals surface area contributed by atoms with Crippen LogP contribution < -0.4 is 5.32 Å². The Labute approximate surface area is 161 Å². The number of aromatic nitrogens is 2. The predicted octanol–water partition coefficient (Wildman–Crippen LogP) is 4.16. The summed E-state index contributed by atoms with van der Waals surface area (Å²) in [4.78, 5) is 12.2. The summed E-state index contributed by atoms with van der Waals surface area (Å²) in [5.74, 6) is 0.330. The third-order valence-electron chi connectivity index (χ3n) is 4.73. The van der Waals surface area contributed by atoms with Gasteiger partial charge in [-0.15, -0.1) is 10.2 Å². The average molecular weight is 384 g/mol. The number of aliphatic hydroxyl groups excluding tert-OH is 1. The summed E-state index contributed by atoms with van der Waals surface area (Å²) in [7, 11) is 0. The van der Waals surface area contributed by atoms with Crippen molar-refractivity contribution < 1.29 is 14.3 Å². The molecule has 0 spiro atoms. The van der Waals surface area contributed by atoms with E-state index in [1.807, 2.05) is 12.1 Å². The number of nitrogens with one attached hydrogen (secondary N) is 1. The van der Waals surface area contributed by atoms with E-state index >= 15 is 0 Å². The Morgan fingerprint density at radius 2 is 1.59 bits per heavy atom. The largest absolute Gasteiger partial charge is 0.416 e. The molecular formula is C20H18ClN3O3. The van der Waals surface area contributed by atoms with Gasteiger partial charge in [-0.2, -0.15) is 0 Å². The number of rotatable bonds is 4. The molecule has 1 saturated carbocycles. The van der Waals surface area contributed by atoms with Crippen LogP contribution in [0.1, 0.15) is 19.3 Å². The first-order valence-corrected chi connectivity index (χ1v) is 9.17. The molecule has 6 nitrogen and oxygen atoms in total. The molecule has 0 aliphatic heterocycles. The van der Waals surface area contributed by atoms with Crippen LogP contribution in [-0.2, 0) is 4.79 Å². The molecule has 0 unspecified atom stereocenters. The van der Waals surface area contributed by atoms with E-state index in [0.29, 0.717) is 28.9 Å². The minimum Gasteiger partial charge on any atom is -0.416 e. The second-order valence-corrected chi connectivity index (χ2v) is 7.03. The number of anilines is 1. The summed E-state index contributed by atoms with van der Waals surface area (Å²) < 4.78 is 5.73. The molecule has 27 heavy (non-hydrogen) atoms. The molecule has 2 atom stereocenters. The molecular weight excluding hydrogens is 366 g/mol. The zero-order chi connectivity index (χ0) is 18.8. The minimum absolute atomic E-state index is 0.143. The van der Waals surface area contributed by atoms with Gasteiger partial charge in [0.05, 0.1) is 12.0 Å². The van der Waals surface area contributed by atoms with Gasteiger partial charge in [-0.1, -0.05) is 11.6 Å². The molecule has 0 bridgehead atoms. The van der Waals surface area contributed by atoms with Crippen LogP contribution in [0.3, 0.4) is 0 Å². The van der Waals surface area contributed by atoms with Gasteiger partial charge in [0.15, 0.2) is 0 Å². The highest BCUT2D eigenvalue weighted by molar-refractivity contribution is 6.30. The van der Waals surface area contributed by atoms with Crippen molar-refractivity contribution in [3.05, 3.63) is 53.6 Å². The van der Waals surface area contributed by atoms with Crippen molar-refractivity contribution in [2.75, 3.05) is 5.32 Å². The van der Waals surface area contributed by atoms with Crippen molar-refractivity contribution in [2.45, 2.75) is 25.4 Å². The smallest absolute Gasteiger partial charge is 0.248 e. The summed E-state index contributed by atoms with van der Waals surface area (Å²) in [6.07, 6.45) is 1.74. The maximum atomic E-state index is 12.2.